The van der Waals surface area contributed by atoms with E-state index in [9.17, 15) is 4.79 Å². The van der Waals surface area contributed by atoms with E-state index in [0.717, 1.165) is 36.2 Å². The fraction of sp³-hybridized carbons (Fsp3) is 0.353. The molecule has 24 heavy (non-hydrogen) atoms. The van der Waals surface area contributed by atoms with Crippen molar-refractivity contribution in [2.45, 2.75) is 32.9 Å². The minimum atomic E-state index is -0.0529. The first-order valence-corrected chi connectivity index (χ1v) is 8.49. The molecule has 0 fully saturated rings. The molecule has 0 unspecified atom stereocenters. The van der Waals surface area contributed by atoms with Crippen LogP contribution < -0.4 is 5.32 Å². The number of aromatic nitrogens is 4. The molecule has 1 aromatic carbocycles. The summed E-state index contributed by atoms with van der Waals surface area (Å²) in [5.41, 5.74) is 2.87. The van der Waals surface area contributed by atoms with E-state index < -0.39 is 0 Å². The van der Waals surface area contributed by atoms with Gasteiger partial charge in [0.15, 0.2) is 0 Å². The smallest absolute Gasteiger partial charge is 0.230 e. The Kier molecular flexibility index (Phi) is 3.76. The fourth-order valence-corrected chi connectivity index (χ4v) is 3.49. The molecular formula is C17H18ClN5O. The van der Waals surface area contributed by atoms with Gasteiger partial charge in [0.1, 0.15) is 0 Å². The van der Waals surface area contributed by atoms with Gasteiger partial charge < -0.3 is 9.13 Å². The summed E-state index contributed by atoms with van der Waals surface area (Å²) < 4.78 is 4.10. The number of carbonyl (C=O) groups excluding carboxylic acids is 1. The van der Waals surface area contributed by atoms with E-state index in [1.54, 1.807) is 0 Å². The number of imidazole rings is 2. The molecule has 4 rings (SSSR count). The monoisotopic (exact) mass is 343 g/mol. The lowest BCUT2D eigenvalue weighted by Crippen LogP contribution is -2.30. The highest BCUT2D eigenvalue weighted by Gasteiger charge is 2.26. The van der Waals surface area contributed by atoms with Crippen LogP contribution in [0.1, 0.15) is 19.0 Å². The number of fused-ring (bicyclic) bond motifs is 2. The van der Waals surface area contributed by atoms with Crippen molar-refractivity contribution in [2.24, 2.45) is 5.92 Å². The van der Waals surface area contributed by atoms with E-state index in [0.29, 0.717) is 17.4 Å². The van der Waals surface area contributed by atoms with Gasteiger partial charge >= 0.3 is 0 Å². The maximum atomic E-state index is 12.7. The summed E-state index contributed by atoms with van der Waals surface area (Å²) in [5.74, 6) is 0.542. The van der Waals surface area contributed by atoms with Crippen molar-refractivity contribution >= 4 is 34.5 Å². The Morgan fingerprint density at radius 2 is 2.33 bits per heavy atom. The summed E-state index contributed by atoms with van der Waals surface area (Å²) in [4.78, 5) is 21.4. The maximum absolute atomic E-state index is 12.7. The third-order valence-corrected chi connectivity index (χ3v) is 4.84. The van der Waals surface area contributed by atoms with Crippen LogP contribution in [0.3, 0.4) is 0 Å². The van der Waals surface area contributed by atoms with E-state index in [4.69, 9.17) is 11.6 Å². The molecule has 0 radical (unpaired) electrons. The van der Waals surface area contributed by atoms with Crippen LogP contribution in [0.4, 0.5) is 5.95 Å². The Morgan fingerprint density at radius 1 is 1.46 bits per heavy atom. The second kappa shape index (κ2) is 5.94. The first-order valence-electron chi connectivity index (χ1n) is 8.11. The number of rotatable bonds is 3. The van der Waals surface area contributed by atoms with Crippen LogP contribution in [-0.4, -0.2) is 25.0 Å². The Labute approximate surface area is 144 Å². The molecule has 124 valence electrons. The van der Waals surface area contributed by atoms with E-state index in [1.165, 1.54) is 0 Å². The van der Waals surface area contributed by atoms with E-state index in [2.05, 4.69) is 19.9 Å². The zero-order chi connectivity index (χ0) is 16.7. The average Bonchev–Trinajstić information content (AvgIpc) is 3.17. The van der Waals surface area contributed by atoms with Gasteiger partial charge in [-0.05, 0) is 31.5 Å². The Morgan fingerprint density at radius 3 is 3.17 bits per heavy atom. The van der Waals surface area contributed by atoms with Gasteiger partial charge in [-0.2, -0.15) is 0 Å². The summed E-state index contributed by atoms with van der Waals surface area (Å²) in [6.45, 7) is 3.59. The number of hydrogen-bond acceptors (Lipinski definition) is 3. The molecule has 1 atom stereocenters. The predicted molar refractivity (Wildman–Crippen MR) is 93.1 cm³/mol. The number of carbonyl (C=O) groups is 1. The fourth-order valence-electron chi connectivity index (χ4n) is 3.32. The SMILES string of the molecule is CCn1c(NC(=O)[C@@H]2CCn3cncc3C2)nc2cc(Cl)ccc21. The van der Waals surface area contributed by atoms with Crippen LogP contribution in [0.15, 0.2) is 30.7 Å². The quantitative estimate of drug-likeness (QED) is 0.794. The highest BCUT2D eigenvalue weighted by molar-refractivity contribution is 6.31. The van der Waals surface area contributed by atoms with Gasteiger partial charge in [0.05, 0.1) is 17.4 Å². The largest absolute Gasteiger partial charge is 0.335 e. The molecule has 3 heterocycles. The van der Waals surface area contributed by atoms with Crippen molar-refractivity contribution < 1.29 is 4.79 Å². The molecular weight excluding hydrogens is 326 g/mol. The standard InChI is InChI=1S/C17H18ClN5O/c1-2-23-15-4-3-12(18)8-14(15)20-17(23)21-16(24)11-5-6-22-10-19-9-13(22)7-11/h3-4,8-11H,2,5-7H2,1H3,(H,20,21,24)/t11-/m1/s1. The molecule has 1 amide bonds. The lowest BCUT2D eigenvalue weighted by atomic mass is 9.95. The molecule has 2 aromatic heterocycles. The highest BCUT2D eigenvalue weighted by Crippen LogP contribution is 2.25. The topological polar surface area (TPSA) is 64.7 Å². The van der Waals surface area contributed by atoms with Crippen molar-refractivity contribution in [2.75, 3.05) is 5.32 Å². The summed E-state index contributed by atoms with van der Waals surface area (Å²) in [6.07, 6.45) is 5.18. The minimum Gasteiger partial charge on any atom is -0.335 e. The first kappa shape index (κ1) is 15.2. The summed E-state index contributed by atoms with van der Waals surface area (Å²) >= 11 is 6.04. The van der Waals surface area contributed by atoms with Crippen molar-refractivity contribution in [3.8, 4) is 0 Å². The molecule has 3 aromatic rings. The molecule has 7 heteroatoms. The summed E-state index contributed by atoms with van der Waals surface area (Å²) in [6, 6.07) is 5.59. The summed E-state index contributed by atoms with van der Waals surface area (Å²) in [5, 5.41) is 3.64. The lowest BCUT2D eigenvalue weighted by Gasteiger charge is -2.22. The van der Waals surface area contributed by atoms with Crippen LogP contribution >= 0.6 is 11.6 Å². The number of aryl methyl sites for hydroxylation is 2. The highest BCUT2D eigenvalue weighted by atomic mass is 35.5. The van der Waals surface area contributed by atoms with Crippen molar-refractivity contribution in [1.29, 1.82) is 0 Å². The molecule has 0 spiro atoms. The number of nitrogens with one attached hydrogen (secondary N) is 1. The number of nitrogens with zero attached hydrogens (tertiary/aromatic N) is 4. The van der Waals surface area contributed by atoms with E-state index in [1.807, 2.05) is 42.2 Å². The third-order valence-electron chi connectivity index (χ3n) is 4.60. The first-order chi connectivity index (χ1) is 11.7. The van der Waals surface area contributed by atoms with Gasteiger partial charge in [0.2, 0.25) is 11.9 Å². The zero-order valence-corrected chi connectivity index (χ0v) is 14.1. The molecule has 0 bridgehead atoms. The normalized spacial score (nSPS) is 17.0. The second-order valence-corrected chi connectivity index (χ2v) is 6.51. The van der Waals surface area contributed by atoms with Gasteiger partial charge in [0, 0.05) is 42.3 Å². The third kappa shape index (κ3) is 2.57. The van der Waals surface area contributed by atoms with Gasteiger partial charge in [0.25, 0.3) is 0 Å². The molecule has 1 aliphatic heterocycles. The number of benzene rings is 1. The molecule has 0 saturated heterocycles. The van der Waals surface area contributed by atoms with Crippen molar-refractivity contribution in [3.05, 3.63) is 41.4 Å². The second-order valence-electron chi connectivity index (χ2n) is 6.07. The van der Waals surface area contributed by atoms with Gasteiger partial charge in [-0.1, -0.05) is 11.6 Å². The van der Waals surface area contributed by atoms with Crippen molar-refractivity contribution in [3.63, 3.8) is 0 Å². The van der Waals surface area contributed by atoms with Crippen LogP contribution in [0.2, 0.25) is 5.02 Å². The van der Waals surface area contributed by atoms with Gasteiger partial charge in [-0.15, -0.1) is 0 Å². The molecule has 1 aliphatic rings. The Bertz CT molecular complexity index is 913. The predicted octanol–water partition coefficient (Wildman–Crippen LogP) is 3.11. The van der Waals surface area contributed by atoms with Crippen LogP contribution in [0, 0.1) is 5.92 Å². The van der Waals surface area contributed by atoms with Crippen LogP contribution in [-0.2, 0) is 24.3 Å². The van der Waals surface area contributed by atoms with E-state index >= 15 is 0 Å². The van der Waals surface area contributed by atoms with Gasteiger partial charge in [-0.3, -0.25) is 10.1 Å². The minimum absolute atomic E-state index is 0.0125. The average molecular weight is 344 g/mol. The number of anilines is 1. The zero-order valence-electron chi connectivity index (χ0n) is 13.4. The molecule has 6 nitrogen and oxygen atoms in total. The molecule has 0 aliphatic carbocycles. The Balaban J connectivity index is 1.59. The Hall–Kier alpha value is -2.34. The number of hydrogen-bond donors (Lipinski definition) is 1. The van der Waals surface area contributed by atoms with Crippen LogP contribution in [0.25, 0.3) is 11.0 Å². The van der Waals surface area contributed by atoms with Gasteiger partial charge in [-0.25, -0.2) is 9.97 Å². The maximum Gasteiger partial charge on any atom is 0.230 e. The molecule has 1 N–H and O–H groups in total. The molecule has 0 saturated carbocycles. The number of halogens is 1. The lowest BCUT2D eigenvalue weighted by molar-refractivity contribution is -0.120. The van der Waals surface area contributed by atoms with Crippen molar-refractivity contribution in [1.82, 2.24) is 19.1 Å². The van der Waals surface area contributed by atoms with Crippen LogP contribution in [0.5, 0.6) is 0 Å². The van der Waals surface area contributed by atoms with E-state index in [-0.39, 0.29) is 11.8 Å². The summed E-state index contributed by atoms with van der Waals surface area (Å²) in [7, 11) is 0. The number of amides is 1.